The Hall–Kier alpha value is -5.91. The molecule has 9 rings (SSSR count). The second-order valence-corrected chi connectivity index (χ2v) is 12.7. The average Bonchev–Trinajstić information content (AvgIpc) is 3.69. The number of rotatable bonds is 6. The lowest BCUT2D eigenvalue weighted by atomic mass is 10.1. The molecule has 0 N–H and O–H groups in total. The van der Waals surface area contributed by atoms with Crippen LogP contribution in [0.2, 0.25) is 0 Å². The highest BCUT2D eigenvalue weighted by molar-refractivity contribution is 7.99. The van der Waals surface area contributed by atoms with Crippen LogP contribution in [0.1, 0.15) is 0 Å². The molecule has 0 bridgehead atoms. The maximum atomic E-state index is 4.87. The summed E-state index contributed by atoms with van der Waals surface area (Å²) in [4.78, 5) is 7.22. The van der Waals surface area contributed by atoms with E-state index in [1.54, 1.807) is 11.8 Å². The molecule has 0 amide bonds. The van der Waals surface area contributed by atoms with Crippen LogP contribution in [-0.4, -0.2) is 18.7 Å². The number of fused-ring (bicyclic) bond motifs is 4. The van der Waals surface area contributed by atoms with Crippen molar-refractivity contribution in [3.63, 3.8) is 0 Å². The molecule has 222 valence electrons. The molecule has 5 heteroatoms. The summed E-state index contributed by atoms with van der Waals surface area (Å²) in [7, 11) is 0. The van der Waals surface area contributed by atoms with Crippen molar-refractivity contribution in [1.29, 1.82) is 0 Å². The summed E-state index contributed by atoms with van der Waals surface area (Å²) in [6.45, 7) is 0. The number of hydrogen-bond acceptors (Lipinski definition) is 2. The van der Waals surface area contributed by atoms with Gasteiger partial charge in [-0.1, -0.05) is 103 Å². The number of benzene rings is 6. The minimum absolute atomic E-state index is 0.910. The van der Waals surface area contributed by atoms with Crippen LogP contribution >= 0.6 is 11.8 Å². The summed E-state index contributed by atoms with van der Waals surface area (Å²) in [5, 5.41) is 2.44. The Bertz CT molecular complexity index is 2550. The number of aromatic nitrogens is 4. The van der Waals surface area contributed by atoms with Gasteiger partial charge in [0, 0.05) is 45.0 Å². The molecular formula is C42H29N4S+. The Morgan fingerprint density at radius 2 is 1.09 bits per heavy atom. The smallest absolute Gasteiger partial charge is 0.168 e. The van der Waals surface area contributed by atoms with Crippen LogP contribution in [0.15, 0.2) is 186 Å². The molecule has 47 heavy (non-hydrogen) atoms. The van der Waals surface area contributed by atoms with E-state index in [2.05, 4.69) is 184 Å². The molecule has 3 aromatic heterocycles. The molecular weight excluding hydrogens is 593 g/mol. The summed E-state index contributed by atoms with van der Waals surface area (Å²) in [6, 6.07) is 58.0. The molecule has 9 aromatic rings. The first-order valence-corrected chi connectivity index (χ1v) is 16.5. The molecule has 6 aromatic carbocycles. The zero-order valence-corrected chi connectivity index (χ0v) is 26.3. The largest absolute Gasteiger partial charge is 0.294 e. The van der Waals surface area contributed by atoms with Gasteiger partial charge >= 0.3 is 0 Å². The standard InChI is InChI=1S/C42H29N4S/c1-3-12-30(13-4-1)31-24-25-43-42(26-31)46-38-19-8-7-18-36(38)37-23-22-35(28-41(37)46)47-34-17-11-16-33(27-34)45-29-44(32-14-5-2-6-15-32)39-20-9-10-21-40(39)45/h1-29H/q+1. The number of para-hydroxylation sites is 4. The average molecular weight is 622 g/mol. The van der Waals surface area contributed by atoms with Gasteiger partial charge in [-0.05, 0) is 65.7 Å². The van der Waals surface area contributed by atoms with Gasteiger partial charge in [0.2, 0.25) is 0 Å². The molecule has 0 atom stereocenters. The summed E-state index contributed by atoms with van der Waals surface area (Å²) >= 11 is 1.78. The van der Waals surface area contributed by atoms with Gasteiger partial charge in [0.25, 0.3) is 0 Å². The van der Waals surface area contributed by atoms with Crippen LogP contribution in [0.5, 0.6) is 0 Å². The summed E-state index contributed by atoms with van der Waals surface area (Å²) in [6.07, 6.45) is 4.10. The van der Waals surface area contributed by atoms with Crippen LogP contribution in [0.4, 0.5) is 0 Å². The first-order valence-electron chi connectivity index (χ1n) is 15.7. The zero-order valence-electron chi connectivity index (χ0n) is 25.4. The van der Waals surface area contributed by atoms with Gasteiger partial charge in [-0.2, -0.15) is 9.13 Å². The Labute approximate surface area is 276 Å². The van der Waals surface area contributed by atoms with Gasteiger partial charge in [0.1, 0.15) is 17.2 Å². The third-order valence-corrected chi connectivity index (χ3v) is 9.70. The van der Waals surface area contributed by atoms with E-state index in [0.29, 0.717) is 0 Å². The molecule has 0 spiro atoms. The first kappa shape index (κ1) is 27.4. The van der Waals surface area contributed by atoms with E-state index in [4.69, 9.17) is 4.98 Å². The van der Waals surface area contributed by atoms with Crippen molar-refractivity contribution in [2.75, 3.05) is 0 Å². The number of imidazole rings is 1. The lowest BCUT2D eigenvalue weighted by molar-refractivity contribution is 1.01. The fraction of sp³-hybridized carbons (Fsp3) is 0. The number of nitrogens with zero attached hydrogens (tertiary/aromatic N) is 4. The van der Waals surface area contributed by atoms with Crippen molar-refractivity contribution in [2.24, 2.45) is 0 Å². The first-order chi connectivity index (χ1) is 23.3. The molecule has 0 aliphatic rings. The molecule has 0 saturated carbocycles. The molecule has 0 unspecified atom stereocenters. The van der Waals surface area contributed by atoms with Crippen molar-refractivity contribution >= 4 is 44.6 Å². The minimum Gasteiger partial charge on any atom is -0.294 e. The SMILES string of the molecule is c1ccc(-c2ccnc(-n3c4ccccc4c4ccc(Sc5cccc(-n6[cH+]n(-c7ccccc7)c7ccccc76)c5)cc43)c2)cc1. The van der Waals surface area contributed by atoms with Crippen LogP contribution < -0.4 is 0 Å². The van der Waals surface area contributed by atoms with Crippen molar-refractivity contribution in [3.05, 3.63) is 176 Å². The summed E-state index contributed by atoms with van der Waals surface area (Å²) < 4.78 is 6.83. The minimum atomic E-state index is 0.910. The lowest BCUT2D eigenvalue weighted by Crippen LogP contribution is -1.97. The molecule has 0 fully saturated rings. The van der Waals surface area contributed by atoms with Crippen LogP contribution in [-0.2, 0) is 0 Å². The molecule has 4 nitrogen and oxygen atoms in total. The fourth-order valence-corrected chi connectivity index (χ4v) is 7.46. The van der Waals surface area contributed by atoms with Gasteiger partial charge in [0.15, 0.2) is 17.4 Å². The van der Waals surface area contributed by atoms with E-state index in [0.717, 1.165) is 39.3 Å². The summed E-state index contributed by atoms with van der Waals surface area (Å²) in [5.41, 5.74) is 9.21. The van der Waals surface area contributed by atoms with E-state index < -0.39 is 0 Å². The van der Waals surface area contributed by atoms with E-state index in [-0.39, 0.29) is 0 Å². The third-order valence-electron chi connectivity index (χ3n) is 8.72. The van der Waals surface area contributed by atoms with Crippen molar-refractivity contribution in [2.45, 2.75) is 9.79 Å². The van der Waals surface area contributed by atoms with Crippen LogP contribution in [0, 0.1) is 0 Å². The lowest BCUT2D eigenvalue weighted by Gasteiger charge is -2.10. The normalized spacial score (nSPS) is 11.5. The van der Waals surface area contributed by atoms with Gasteiger partial charge in [-0.3, -0.25) is 4.57 Å². The maximum absolute atomic E-state index is 4.87. The Morgan fingerprint density at radius 3 is 1.89 bits per heavy atom. The Kier molecular flexibility index (Phi) is 6.69. The monoisotopic (exact) mass is 621 g/mol. The predicted octanol–water partition coefficient (Wildman–Crippen LogP) is 11.0. The van der Waals surface area contributed by atoms with Gasteiger partial charge in [-0.15, -0.1) is 0 Å². The number of hydrogen-bond donors (Lipinski definition) is 0. The van der Waals surface area contributed by atoms with E-state index in [9.17, 15) is 0 Å². The second-order valence-electron chi connectivity index (χ2n) is 11.6. The predicted molar refractivity (Wildman–Crippen MR) is 195 cm³/mol. The van der Waals surface area contributed by atoms with Crippen molar-refractivity contribution < 1.29 is 0 Å². The molecule has 0 aliphatic heterocycles. The molecule has 0 aliphatic carbocycles. The molecule has 3 heterocycles. The fourth-order valence-electron chi connectivity index (χ4n) is 6.56. The van der Waals surface area contributed by atoms with Gasteiger partial charge in [-0.25, -0.2) is 4.98 Å². The van der Waals surface area contributed by atoms with Gasteiger partial charge < -0.3 is 0 Å². The van der Waals surface area contributed by atoms with Crippen LogP contribution in [0.25, 0.3) is 61.2 Å². The number of pyridine rings is 1. The molecule has 0 saturated heterocycles. The highest BCUT2D eigenvalue weighted by atomic mass is 32.2. The van der Waals surface area contributed by atoms with Crippen molar-refractivity contribution in [1.82, 2.24) is 18.7 Å². The maximum Gasteiger partial charge on any atom is 0.168 e. The highest BCUT2D eigenvalue weighted by Crippen LogP contribution is 2.37. The van der Waals surface area contributed by atoms with E-state index in [1.165, 1.54) is 31.6 Å². The zero-order chi connectivity index (χ0) is 31.2. The van der Waals surface area contributed by atoms with Gasteiger partial charge in [0.05, 0.1) is 11.0 Å². The molecule has 0 radical (unpaired) electrons. The Balaban J connectivity index is 1.13. The summed E-state index contributed by atoms with van der Waals surface area (Å²) in [5.74, 6) is 0.910. The van der Waals surface area contributed by atoms with Crippen LogP contribution in [0.3, 0.4) is 0 Å². The van der Waals surface area contributed by atoms with E-state index in [1.807, 2.05) is 6.20 Å². The topological polar surface area (TPSA) is 27.7 Å². The second kappa shape index (κ2) is 11.5. The van der Waals surface area contributed by atoms with Crippen molar-refractivity contribution in [3.8, 4) is 28.3 Å². The third kappa shape index (κ3) is 4.89. The van der Waals surface area contributed by atoms with E-state index >= 15 is 0 Å². The quantitative estimate of drug-likeness (QED) is 0.173. The Morgan fingerprint density at radius 1 is 0.447 bits per heavy atom. The highest BCUT2D eigenvalue weighted by Gasteiger charge is 2.18.